The molecule has 0 aromatic heterocycles. The average Bonchev–Trinajstić information content (AvgIpc) is 2.54. The number of morpholine rings is 1. The van der Waals surface area contributed by atoms with E-state index in [2.05, 4.69) is 0 Å². The number of benzene rings is 1. The third kappa shape index (κ3) is 3.06. The number of rotatable bonds is 5. The van der Waals surface area contributed by atoms with E-state index in [9.17, 15) is 9.90 Å². The molecule has 0 saturated carbocycles. The van der Waals surface area contributed by atoms with Crippen LogP contribution in [-0.2, 0) is 4.74 Å². The summed E-state index contributed by atoms with van der Waals surface area (Å²) in [6, 6.07) is 7.39. The molecule has 5 heteroatoms. The maximum absolute atomic E-state index is 12.7. The highest BCUT2D eigenvalue weighted by atomic mass is 32.2. The van der Waals surface area contributed by atoms with Crippen molar-refractivity contribution in [2.75, 3.05) is 32.6 Å². The first-order valence-electron chi connectivity index (χ1n) is 6.86. The van der Waals surface area contributed by atoms with Crippen molar-refractivity contribution in [3.8, 4) is 0 Å². The summed E-state index contributed by atoms with van der Waals surface area (Å²) in [6.07, 6.45) is 2.36. The zero-order valence-corrected chi connectivity index (χ0v) is 12.8. The second-order valence-corrected chi connectivity index (χ2v) is 5.71. The van der Waals surface area contributed by atoms with Gasteiger partial charge in [-0.3, -0.25) is 9.69 Å². The van der Waals surface area contributed by atoms with Crippen LogP contribution in [0.15, 0.2) is 29.2 Å². The molecule has 1 aromatic rings. The maximum Gasteiger partial charge on any atom is 0.209 e. The highest BCUT2D eigenvalue weighted by Crippen LogP contribution is 2.24. The molecular weight excluding hydrogens is 274 g/mol. The highest BCUT2D eigenvalue weighted by molar-refractivity contribution is 7.98. The smallest absolute Gasteiger partial charge is 0.209 e. The first kappa shape index (κ1) is 15.5. The van der Waals surface area contributed by atoms with Crippen LogP contribution in [0.5, 0.6) is 0 Å². The fourth-order valence-corrected chi connectivity index (χ4v) is 2.84. The molecule has 110 valence electrons. The predicted molar refractivity (Wildman–Crippen MR) is 80.2 cm³/mol. The van der Waals surface area contributed by atoms with Gasteiger partial charge in [-0.15, -0.1) is 11.8 Å². The van der Waals surface area contributed by atoms with Crippen LogP contribution in [0.4, 0.5) is 0 Å². The van der Waals surface area contributed by atoms with Crippen LogP contribution in [-0.4, -0.2) is 54.1 Å². The molecule has 1 aliphatic heterocycles. The summed E-state index contributed by atoms with van der Waals surface area (Å²) in [7, 11) is 0. The van der Waals surface area contributed by atoms with E-state index in [0.717, 1.165) is 4.90 Å². The van der Waals surface area contributed by atoms with E-state index in [-0.39, 0.29) is 5.78 Å². The van der Waals surface area contributed by atoms with Crippen molar-refractivity contribution >= 4 is 17.5 Å². The SMILES string of the molecule is CCC(O)(C(=O)c1ccc(SC)cc1)N1CCOCC1. The minimum atomic E-state index is -1.43. The largest absolute Gasteiger partial charge is 0.379 e. The molecule has 1 aliphatic rings. The number of aliphatic hydroxyl groups is 1. The number of Topliss-reactive ketones (excluding diaryl/α,β-unsaturated/α-hetero) is 1. The Morgan fingerprint density at radius 1 is 1.35 bits per heavy atom. The van der Waals surface area contributed by atoms with Gasteiger partial charge in [0.25, 0.3) is 0 Å². The molecule has 0 radical (unpaired) electrons. The predicted octanol–water partition coefficient (Wildman–Crippen LogP) is 2.02. The molecule has 1 aromatic carbocycles. The van der Waals surface area contributed by atoms with Crippen molar-refractivity contribution in [1.29, 1.82) is 0 Å². The Balaban J connectivity index is 2.22. The monoisotopic (exact) mass is 295 g/mol. The lowest BCUT2D eigenvalue weighted by Gasteiger charge is -2.40. The highest BCUT2D eigenvalue weighted by Gasteiger charge is 2.41. The Labute approximate surface area is 124 Å². The van der Waals surface area contributed by atoms with Crippen molar-refractivity contribution in [2.24, 2.45) is 0 Å². The van der Waals surface area contributed by atoms with Crippen LogP contribution >= 0.6 is 11.8 Å². The number of ketones is 1. The Kier molecular flexibility index (Phi) is 5.21. The topological polar surface area (TPSA) is 49.8 Å². The van der Waals surface area contributed by atoms with Crippen molar-refractivity contribution in [2.45, 2.75) is 24.0 Å². The molecule has 0 spiro atoms. The fraction of sp³-hybridized carbons (Fsp3) is 0.533. The Hall–Kier alpha value is -0.880. The van der Waals surface area contributed by atoms with Gasteiger partial charge >= 0.3 is 0 Å². The maximum atomic E-state index is 12.7. The molecule has 1 heterocycles. The number of carbonyl (C=O) groups is 1. The Bertz CT molecular complexity index is 457. The van der Waals surface area contributed by atoms with Gasteiger partial charge in [-0.25, -0.2) is 0 Å². The van der Waals surface area contributed by atoms with Crippen molar-refractivity contribution in [1.82, 2.24) is 4.90 Å². The molecule has 1 unspecified atom stereocenters. The molecule has 20 heavy (non-hydrogen) atoms. The van der Waals surface area contributed by atoms with E-state index >= 15 is 0 Å². The summed E-state index contributed by atoms with van der Waals surface area (Å²) in [5.41, 5.74) is -0.872. The summed E-state index contributed by atoms with van der Waals surface area (Å²) < 4.78 is 5.29. The Morgan fingerprint density at radius 2 is 1.95 bits per heavy atom. The van der Waals surface area contributed by atoms with Gasteiger partial charge < -0.3 is 9.84 Å². The molecule has 0 aliphatic carbocycles. The minimum absolute atomic E-state index is 0.227. The number of ether oxygens (including phenoxy) is 1. The number of carbonyl (C=O) groups excluding carboxylic acids is 1. The van der Waals surface area contributed by atoms with E-state index in [4.69, 9.17) is 4.74 Å². The third-order valence-electron chi connectivity index (χ3n) is 3.74. The second kappa shape index (κ2) is 6.72. The average molecular weight is 295 g/mol. The number of hydrogen-bond acceptors (Lipinski definition) is 5. The van der Waals surface area contributed by atoms with Gasteiger partial charge in [0.2, 0.25) is 5.78 Å². The molecule has 1 N–H and O–H groups in total. The first-order chi connectivity index (χ1) is 9.61. The molecule has 0 amide bonds. The first-order valence-corrected chi connectivity index (χ1v) is 8.08. The fourth-order valence-electron chi connectivity index (χ4n) is 2.43. The Morgan fingerprint density at radius 3 is 2.45 bits per heavy atom. The van der Waals surface area contributed by atoms with E-state index in [1.807, 2.05) is 30.2 Å². The van der Waals surface area contributed by atoms with Crippen LogP contribution in [0.3, 0.4) is 0 Å². The molecule has 1 atom stereocenters. The molecule has 1 saturated heterocycles. The molecule has 2 rings (SSSR count). The molecule has 4 nitrogen and oxygen atoms in total. The van der Waals surface area contributed by atoms with Crippen molar-refractivity contribution in [3.63, 3.8) is 0 Å². The summed E-state index contributed by atoms with van der Waals surface area (Å²) in [5, 5.41) is 10.8. The molecular formula is C15H21NO3S. The summed E-state index contributed by atoms with van der Waals surface area (Å²) in [6.45, 7) is 4.11. The van der Waals surface area contributed by atoms with E-state index < -0.39 is 5.72 Å². The van der Waals surface area contributed by atoms with Crippen LogP contribution in [0, 0.1) is 0 Å². The van der Waals surface area contributed by atoms with Crippen LogP contribution in [0.1, 0.15) is 23.7 Å². The van der Waals surface area contributed by atoms with Crippen molar-refractivity contribution < 1.29 is 14.6 Å². The molecule has 1 fully saturated rings. The lowest BCUT2D eigenvalue weighted by atomic mass is 9.96. The van der Waals surface area contributed by atoms with Gasteiger partial charge in [-0.05, 0) is 24.8 Å². The van der Waals surface area contributed by atoms with E-state index in [0.29, 0.717) is 38.3 Å². The second-order valence-electron chi connectivity index (χ2n) is 4.83. The molecule has 0 bridgehead atoms. The van der Waals surface area contributed by atoms with Gasteiger partial charge in [0.1, 0.15) is 0 Å². The van der Waals surface area contributed by atoms with Gasteiger partial charge in [0, 0.05) is 23.5 Å². The number of nitrogens with zero attached hydrogens (tertiary/aromatic N) is 1. The van der Waals surface area contributed by atoms with Gasteiger partial charge in [0.15, 0.2) is 5.72 Å². The zero-order valence-electron chi connectivity index (χ0n) is 12.0. The quantitative estimate of drug-likeness (QED) is 0.665. The van der Waals surface area contributed by atoms with E-state index in [1.165, 1.54) is 0 Å². The van der Waals surface area contributed by atoms with Gasteiger partial charge in [-0.1, -0.05) is 19.1 Å². The van der Waals surface area contributed by atoms with Crippen LogP contribution in [0.25, 0.3) is 0 Å². The lowest BCUT2D eigenvalue weighted by molar-refractivity contribution is -0.113. The van der Waals surface area contributed by atoms with Gasteiger partial charge in [-0.2, -0.15) is 0 Å². The van der Waals surface area contributed by atoms with Crippen molar-refractivity contribution in [3.05, 3.63) is 29.8 Å². The number of hydrogen-bond donors (Lipinski definition) is 1. The van der Waals surface area contributed by atoms with Crippen LogP contribution < -0.4 is 0 Å². The summed E-state index contributed by atoms with van der Waals surface area (Å²) in [4.78, 5) is 15.6. The minimum Gasteiger partial charge on any atom is -0.379 e. The number of thioether (sulfide) groups is 1. The zero-order chi connectivity index (χ0) is 14.6. The standard InChI is InChI=1S/C15H21NO3S/c1-3-15(18,16-8-10-19-11-9-16)14(17)12-4-6-13(20-2)7-5-12/h4-7,18H,3,8-11H2,1-2H3. The third-order valence-corrected chi connectivity index (χ3v) is 4.49. The normalized spacial score (nSPS) is 19.6. The van der Waals surface area contributed by atoms with Gasteiger partial charge in [0.05, 0.1) is 13.2 Å². The lowest BCUT2D eigenvalue weighted by Crippen LogP contribution is -2.58. The summed E-state index contributed by atoms with van der Waals surface area (Å²) >= 11 is 1.63. The van der Waals surface area contributed by atoms with E-state index in [1.54, 1.807) is 23.9 Å². The van der Waals surface area contributed by atoms with Crippen LogP contribution in [0.2, 0.25) is 0 Å². The summed E-state index contributed by atoms with van der Waals surface area (Å²) in [5.74, 6) is -0.227.